The molecule has 5 nitrogen and oxygen atoms in total. The molecule has 29 heavy (non-hydrogen) atoms. The summed E-state index contributed by atoms with van der Waals surface area (Å²) in [6, 6.07) is 5.84. The number of nitrogens with zero attached hydrogens (tertiary/aromatic N) is 2. The maximum absolute atomic E-state index is 6.12. The molecule has 3 aromatic rings. The first kappa shape index (κ1) is 20.2. The molecular weight excluding hydrogens is 382 g/mol. The van der Waals surface area contributed by atoms with Crippen LogP contribution in [0.3, 0.4) is 0 Å². The number of H-pyrrole nitrogens is 2. The van der Waals surface area contributed by atoms with Gasteiger partial charge in [0.1, 0.15) is 11.6 Å². The monoisotopic (exact) mass is 411 g/mol. The van der Waals surface area contributed by atoms with Crippen LogP contribution < -0.4 is 5.32 Å². The Balaban J connectivity index is 1.45. The van der Waals surface area contributed by atoms with E-state index < -0.39 is 0 Å². The smallest absolute Gasteiger partial charge is 0.120 e. The number of halogens is 1. The van der Waals surface area contributed by atoms with Gasteiger partial charge in [0.05, 0.1) is 17.6 Å². The molecule has 0 spiro atoms. The van der Waals surface area contributed by atoms with Crippen LogP contribution in [0.2, 0.25) is 5.02 Å². The van der Waals surface area contributed by atoms with Gasteiger partial charge < -0.3 is 15.3 Å². The van der Waals surface area contributed by atoms with Crippen molar-refractivity contribution < 1.29 is 0 Å². The van der Waals surface area contributed by atoms with Gasteiger partial charge in [0, 0.05) is 30.4 Å². The van der Waals surface area contributed by atoms with Gasteiger partial charge >= 0.3 is 0 Å². The zero-order valence-electron chi connectivity index (χ0n) is 17.4. The lowest BCUT2D eigenvalue weighted by molar-refractivity contribution is 0.221. The molecule has 0 radical (unpaired) electrons. The van der Waals surface area contributed by atoms with Crippen molar-refractivity contribution in [1.82, 2.24) is 25.3 Å². The van der Waals surface area contributed by atoms with E-state index in [-0.39, 0.29) is 0 Å². The maximum atomic E-state index is 6.12. The molecule has 1 aliphatic rings. The third-order valence-corrected chi connectivity index (χ3v) is 6.48. The molecule has 154 valence electrons. The van der Waals surface area contributed by atoms with Gasteiger partial charge in [0.15, 0.2) is 0 Å². The summed E-state index contributed by atoms with van der Waals surface area (Å²) in [5.74, 6) is 4.43. The topological polar surface area (TPSA) is 69.4 Å². The summed E-state index contributed by atoms with van der Waals surface area (Å²) in [5.41, 5.74) is 3.48. The van der Waals surface area contributed by atoms with Crippen LogP contribution in [0.15, 0.2) is 42.2 Å². The Morgan fingerprint density at radius 2 is 2.14 bits per heavy atom. The fraction of sp³-hybridized carbons (Fsp3) is 0.478. The van der Waals surface area contributed by atoms with Crippen molar-refractivity contribution in [2.75, 3.05) is 6.54 Å². The lowest BCUT2D eigenvalue weighted by Crippen LogP contribution is -2.34. The Labute approximate surface area is 177 Å². The molecule has 3 N–H and O–H groups in total. The first-order valence-electron chi connectivity index (χ1n) is 10.5. The van der Waals surface area contributed by atoms with Crippen LogP contribution in [0.4, 0.5) is 0 Å². The van der Waals surface area contributed by atoms with Gasteiger partial charge in [-0.15, -0.1) is 0 Å². The van der Waals surface area contributed by atoms with Crippen molar-refractivity contribution in [1.29, 1.82) is 0 Å². The van der Waals surface area contributed by atoms with Gasteiger partial charge in [0.25, 0.3) is 0 Å². The van der Waals surface area contributed by atoms with Crippen LogP contribution in [0.1, 0.15) is 38.8 Å². The minimum absolute atomic E-state index is 0.528. The molecule has 4 rings (SSSR count). The molecule has 0 amide bonds. The number of benzene rings is 1. The zero-order chi connectivity index (χ0) is 20.4. The number of hydrogen-bond acceptors (Lipinski definition) is 3. The largest absolute Gasteiger partial charge is 0.348 e. The third-order valence-electron chi connectivity index (χ3n) is 6.24. The van der Waals surface area contributed by atoms with Gasteiger partial charge in [-0.1, -0.05) is 37.1 Å². The summed E-state index contributed by atoms with van der Waals surface area (Å²) in [5, 5.41) is 4.32. The van der Waals surface area contributed by atoms with E-state index in [1.54, 1.807) is 6.20 Å². The molecule has 0 aliphatic heterocycles. The Morgan fingerprint density at radius 1 is 1.28 bits per heavy atom. The Kier molecular flexibility index (Phi) is 6.07. The Hall–Kier alpha value is -2.11. The van der Waals surface area contributed by atoms with E-state index in [1.165, 1.54) is 12.0 Å². The number of imidazole rings is 2. The number of allylic oxidation sites excluding steroid dienone is 1. The molecule has 2 aromatic heterocycles. The summed E-state index contributed by atoms with van der Waals surface area (Å²) < 4.78 is 0. The fourth-order valence-electron chi connectivity index (χ4n) is 4.62. The van der Waals surface area contributed by atoms with Crippen molar-refractivity contribution in [2.24, 2.45) is 23.7 Å². The highest BCUT2D eigenvalue weighted by Crippen LogP contribution is 2.38. The maximum Gasteiger partial charge on any atom is 0.120 e. The normalized spacial score (nSPS) is 22.4. The highest BCUT2D eigenvalue weighted by atomic mass is 35.5. The molecule has 0 fully saturated rings. The third kappa shape index (κ3) is 4.73. The summed E-state index contributed by atoms with van der Waals surface area (Å²) in [6.45, 7) is 8.74. The minimum Gasteiger partial charge on any atom is -0.348 e. The quantitative estimate of drug-likeness (QED) is 0.472. The molecule has 1 aromatic carbocycles. The average molecular weight is 412 g/mol. The molecular formula is C23H30ClN5. The van der Waals surface area contributed by atoms with Crippen molar-refractivity contribution >= 4 is 22.6 Å². The molecule has 0 saturated heterocycles. The first-order chi connectivity index (χ1) is 14.0. The van der Waals surface area contributed by atoms with E-state index in [1.807, 2.05) is 24.4 Å². The summed E-state index contributed by atoms with van der Waals surface area (Å²) in [7, 11) is 0. The van der Waals surface area contributed by atoms with E-state index in [2.05, 4.69) is 47.1 Å². The molecule has 2 heterocycles. The van der Waals surface area contributed by atoms with Crippen LogP contribution >= 0.6 is 11.6 Å². The van der Waals surface area contributed by atoms with Gasteiger partial charge in [-0.05, 0) is 55.2 Å². The van der Waals surface area contributed by atoms with E-state index in [4.69, 9.17) is 16.6 Å². The van der Waals surface area contributed by atoms with Crippen molar-refractivity contribution in [3.63, 3.8) is 0 Å². The number of hydrogen-bond donors (Lipinski definition) is 3. The molecule has 1 aliphatic carbocycles. The van der Waals surface area contributed by atoms with E-state index in [0.29, 0.717) is 23.7 Å². The van der Waals surface area contributed by atoms with E-state index >= 15 is 0 Å². The number of nitrogens with one attached hydrogen (secondary N) is 3. The fourth-order valence-corrected chi connectivity index (χ4v) is 4.80. The second-order valence-corrected chi connectivity index (χ2v) is 9.07. The summed E-state index contributed by atoms with van der Waals surface area (Å²) >= 11 is 6.12. The van der Waals surface area contributed by atoms with Crippen LogP contribution in [-0.2, 0) is 13.0 Å². The number of aromatic nitrogens is 4. The van der Waals surface area contributed by atoms with E-state index in [9.17, 15) is 0 Å². The Bertz CT molecular complexity index is 972. The second kappa shape index (κ2) is 8.72. The van der Waals surface area contributed by atoms with Crippen molar-refractivity contribution in [3.8, 4) is 0 Å². The van der Waals surface area contributed by atoms with E-state index in [0.717, 1.165) is 47.2 Å². The van der Waals surface area contributed by atoms with Crippen molar-refractivity contribution in [2.45, 2.75) is 40.2 Å². The second-order valence-electron chi connectivity index (χ2n) is 8.63. The molecule has 6 heteroatoms. The molecule has 3 unspecified atom stereocenters. The molecule has 0 bridgehead atoms. The summed E-state index contributed by atoms with van der Waals surface area (Å²) in [6.07, 6.45) is 8.31. The first-order valence-corrected chi connectivity index (χ1v) is 10.9. The van der Waals surface area contributed by atoms with Gasteiger partial charge in [0.2, 0.25) is 0 Å². The standard InChI is InChI=1S/C23H30ClN5/c1-14(2)19-9-16(10-22-28-20-5-4-18(24)11-21(20)29-22)15(3)8-17(19)12-25-13-23-26-6-7-27-23/h4-8,11,14,16-17,19,25H,9-10,12-13H2,1-3H3,(H,26,27)(H,28,29). The lowest BCUT2D eigenvalue weighted by atomic mass is 9.70. The predicted molar refractivity (Wildman–Crippen MR) is 119 cm³/mol. The number of aromatic amines is 2. The van der Waals surface area contributed by atoms with Gasteiger partial charge in [-0.3, -0.25) is 0 Å². The van der Waals surface area contributed by atoms with Crippen LogP contribution in [0, 0.1) is 23.7 Å². The average Bonchev–Trinajstić information content (AvgIpc) is 3.32. The highest BCUT2D eigenvalue weighted by Gasteiger charge is 2.31. The predicted octanol–water partition coefficient (Wildman–Crippen LogP) is 5.13. The van der Waals surface area contributed by atoms with Gasteiger partial charge in [-0.25, -0.2) is 9.97 Å². The molecule has 3 atom stereocenters. The van der Waals surface area contributed by atoms with Crippen molar-refractivity contribution in [3.05, 3.63) is 58.9 Å². The number of rotatable bonds is 7. The zero-order valence-corrected chi connectivity index (χ0v) is 18.1. The lowest BCUT2D eigenvalue weighted by Gasteiger charge is -2.37. The summed E-state index contributed by atoms with van der Waals surface area (Å²) in [4.78, 5) is 15.7. The Morgan fingerprint density at radius 3 is 2.90 bits per heavy atom. The van der Waals surface area contributed by atoms with Crippen LogP contribution in [-0.4, -0.2) is 26.5 Å². The number of fused-ring (bicyclic) bond motifs is 1. The minimum atomic E-state index is 0.528. The van der Waals surface area contributed by atoms with Crippen LogP contribution in [0.5, 0.6) is 0 Å². The highest BCUT2D eigenvalue weighted by molar-refractivity contribution is 6.31. The van der Waals surface area contributed by atoms with Gasteiger partial charge in [-0.2, -0.15) is 0 Å². The van der Waals surface area contributed by atoms with Crippen LogP contribution in [0.25, 0.3) is 11.0 Å². The SMILES string of the molecule is CC1=CC(CNCc2ncc[nH]2)C(C(C)C)CC1Cc1nc2ccc(Cl)cc2[nH]1. The molecule has 0 saturated carbocycles.